The minimum atomic E-state index is 0.908. The van der Waals surface area contributed by atoms with Crippen LogP contribution in [0.5, 0.6) is 0 Å². The molecule has 0 bridgehead atoms. The zero-order valence-electron chi connectivity index (χ0n) is 15.3. The highest BCUT2D eigenvalue weighted by Gasteiger charge is 2.09. The minimum Gasteiger partial charge on any atom is -0.264 e. The topological polar surface area (TPSA) is 38.7 Å². The molecular weight excluding hydrogens is 330 g/mol. The highest BCUT2D eigenvalue weighted by molar-refractivity contribution is 5.76. The SMILES string of the molecule is C=C.Cc1cccc(-c2cc(-c3cccnc3)cc(-c3cccnc3)n2)c1. The minimum absolute atomic E-state index is 0.908. The van der Waals surface area contributed by atoms with Gasteiger partial charge in [-0.15, -0.1) is 13.2 Å². The molecule has 4 aromatic rings. The Morgan fingerprint density at radius 1 is 0.630 bits per heavy atom. The molecule has 0 saturated carbocycles. The summed E-state index contributed by atoms with van der Waals surface area (Å²) in [5.41, 5.74) is 7.35. The molecular formula is C24H21N3. The third kappa shape index (κ3) is 4.33. The van der Waals surface area contributed by atoms with Gasteiger partial charge in [-0.3, -0.25) is 9.97 Å². The van der Waals surface area contributed by atoms with Gasteiger partial charge in [0.25, 0.3) is 0 Å². The van der Waals surface area contributed by atoms with Crippen molar-refractivity contribution in [2.45, 2.75) is 6.92 Å². The van der Waals surface area contributed by atoms with Crippen LogP contribution in [0.2, 0.25) is 0 Å². The first kappa shape index (κ1) is 18.2. The molecule has 3 aromatic heterocycles. The molecule has 0 aliphatic heterocycles. The van der Waals surface area contributed by atoms with Gasteiger partial charge in [-0.1, -0.05) is 29.8 Å². The number of hydrogen-bond acceptors (Lipinski definition) is 3. The Bertz CT molecular complexity index is 954. The fraction of sp³-hybridized carbons (Fsp3) is 0.0417. The van der Waals surface area contributed by atoms with E-state index in [9.17, 15) is 0 Å². The Kier molecular flexibility index (Phi) is 5.85. The van der Waals surface area contributed by atoms with Gasteiger partial charge < -0.3 is 0 Å². The largest absolute Gasteiger partial charge is 0.264 e. The normalized spacial score (nSPS) is 9.96. The first-order chi connectivity index (χ1) is 13.3. The molecule has 0 spiro atoms. The average molecular weight is 351 g/mol. The molecule has 1 aromatic carbocycles. The van der Waals surface area contributed by atoms with Crippen LogP contribution in [0.25, 0.3) is 33.6 Å². The van der Waals surface area contributed by atoms with E-state index in [0.29, 0.717) is 0 Å². The van der Waals surface area contributed by atoms with E-state index in [1.54, 1.807) is 12.4 Å². The lowest BCUT2D eigenvalue weighted by Crippen LogP contribution is -1.92. The van der Waals surface area contributed by atoms with Gasteiger partial charge in [-0.25, -0.2) is 4.98 Å². The van der Waals surface area contributed by atoms with Crippen molar-refractivity contribution < 1.29 is 0 Å². The Morgan fingerprint density at radius 2 is 1.22 bits per heavy atom. The van der Waals surface area contributed by atoms with Crippen molar-refractivity contribution >= 4 is 0 Å². The maximum atomic E-state index is 4.88. The molecule has 0 atom stereocenters. The van der Waals surface area contributed by atoms with Crippen LogP contribution in [-0.2, 0) is 0 Å². The summed E-state index contributed by atoms with van der Waals surface area (Å²) in [7, 11) is 0. The molecule has 132 valence electrons. The van der Waals surface area contributed by atoms with Crippen molar-refractivity contribution in [3.05, 3.63) is 104 Å². The summed E-state index contributed by atoms with van der Waals surface area (Å²) in [5.74, 6) is 0. The van der Waals surface area contributed by atoms with E-state index in [2.05, 4.69) is 72.5 Å². The molecule has 3 nitrogen and oxygen atoms in total. The van der Waals surface area contributed by atoms with E-state index in [1.165, 1.54) is 5.56 Å². The fourth-order valence-corrected chi connectivity index (χ4v) is 2.85. The maximum absolute atomic E-state index is 4.88. The van der Waals surface area contributed by atoms with Crippen LogP contribution in [0.15, 0.2) is 98.6 Å². The van der Waals surface area contributed by atoms with Crippen LogP contribution >= 0.6 is 0 Å². The average Bonchev–Trinajstić information content (AvgIpc) is 2.76. The summed E-state index contributed by atoms with van der Waals surface area (Å²) in [6.07, 6.45) is 7.28. The van der Waals surface area contributed by atoms with Gasteiger partial charge in [0.1, 0.15) is 0 Å². The van der Waals surface area contributed by atoms with Crippen molar-refractivity contribution in [3.63, 3.8) is 0 Å². The molecule has 0 aliphatic carbocycles. The van der Waals surface area contributed by atoms with Crippen molar-refractivity contribution in [1.82, 2.24) is 15.0 Å². The molecule has 0 radical (unpaired) electrons. The lowest BCUT2D eigenvalue weighted by atomic mass is 10.0. The van der Waals surface area contributed by atoms with Gasteiger partial charge in [0, 0.05) is 41.5 Å². The number of aromatic nitrogens is 3. The van der Waals surface area contributed by atoms with Crippen LogP contribution < -0.4 is 0 Å². The van der Waals surface area contributed by atoms with Crippen LogP contribution in [0, 0.1) is 6.92 Å². The third-order valence-electron chi connectivity index (χ3n) is 4.09. The Morgan fingerprint density at radius 3 is 1.81 bits per heavy atom. The van der Waals surface area contributed by atoms with Gasteiger partial charge in [0.2, 0.25) is 0 Å². The van der Waals surface area contributed by atoms with E-state index in [0.717, 1.165) is 33.6 Å². The first-order valence-electron chi connectivity index (χ1n) is 8.69. The fourth-order valence-electron chi connectivity index (χ4n) is 2.85. The predicted molar refractivity (Wildman–Crippen MR) is 112 cm³/mol. The molecule has 4 rings (SSSR count). The summed E-state index contributed by atoms with van der Waals surface area (Å²) in [6, 6.07) is 20.6. The second-order valence-electron chi connectivity index (χ2n) is 5.98. The highest BCUT2D eigenvalue weighted by Crippen LogP contribution is 2.29. The molecule has 3 heterocycles. The van der Waals surface area contributed by atoms with Crippen LogP contribution in [-0.4, -0.2) is 15.0 Å². The first-order valence-corrected chi connectivity index (χ1v) is 8.69. The van der Waals surface area contributed by atoms with Gasteiger partial charge in [-0.2, -0.15) is 0 Å². The van der Waals surface area contributed by atoms with E-state index < -0.39 is 0 Å². The number of nitrogens with zero attached hydrogens (tertiary/aromatic N) is 3. The second kappa shape index (κ2) is 8.68. The molecule has 0 aliphatic rings. The quantitative estimate of drug-likeness (QED) is 0.426. The van der Waals surface area contributed by atoms with E-state index >= 15 is 0 Å². The number of aryl methyl sites for hydroxylation is 1. The number of pyridine rings is 3. The molecule has 0 N–H and O–H groups in total. The Labute approximate surface area is 160 Å². The van der Waals surface area contributed by atoms with Crippen molar-refractivity contribution in [2.24, 2.45) is 0 Å². The van der Waals surface area contributed by atoms with Gasteiger partial charge in [0.05, 0.1) is 11.4 Å². The molecule has 0 fully saturated rings. The smallest absolute Gasteiger partial charge is 0.0731 e. The predicted octanol–water partition coefficient (Wildman–Crippen LogP) is 5.98. The summed E-state index contributed by atoms with van der Waals surface area (Å²) in [6.45, 7) is 8.09. The summed E-state index contributed by atoms with van der Waals surface area (Å²) < 4.78 is 0. The van der Waals surface area contributed by atoms with Gasteiger partial charge in [0.15, 0.2) is 0 Å². The van der Waals surface area contributed by atoms with E-state index in [-0.39, 0.29) is 0 Å². The standard InChI is InChI=1S/C22H17N3.C2H4/c1-16-5-2-6-17(11-16)21-12-20(18-7-3-9-23-14-18)13-22(25-21)19-8-4-10-24-15-19;1-2/h2-15H,1H3;1-2H2. The van der Waals surface area contributed by atoms with Gasteiger partial charge in [-0.05, 0) is 48.9 Å². The number of hydrogen-bond donors (Lipinski definition) is 0. The van der Waals surface area contributed by atoms with Crippen molar-refractivity contribution in [1.29, 1.82) is 0 Å². The number of rotatable bonds is 3. The summed E-state index contributed by atoms with van der Waals surface area (Å²) in [4.78, 5) is 13.4. The van der Waals surface area contributed by atoms with Crippen molar-refractivity contribution in [2.75, 3.05) is 0 Å². The van der Waals surface area contributed by atoms with E-state index in [1.807, 2.05) is 30.6 Å². The summed E-state index contributed by atoms with van der Waals surface area (Å²) in [5, 5.41) is 0. The lowest BCUT2D eigenvalue weighted by molar-refractivity contribution is 1.27. The highest BCUT2D eigenvalue weighted by atomic mass is 14.7. The zero-order chi connectivity index (χ0) is 19.1. The monoisotopic (exact) mass is 351 g/mol. The molecule has 3 heteroatoms. The van der Waals surface area contributed by atoms with Crippen LogP contribution in [0.1, 0.15) is 5.56 Å². The van der Waals surface area contributed by atoms with E-state index in [4.69, 9.17) is 4.98 Å². The molecule has 0 amide bonds. The molecule has 0 unspecified atom stereocenters. The maximum Gasteiger partial charge on any atom is 0.0731 e. The van der Waals surface area contributed by atoms with Crippen LogP contribution in [0.3, 0.4) is 0 Å². The lowest BCUT2D eigenvalue weighted by Gasteiger charge is -2.10. The third-order valence-corrected chi connectivity index (χ3v) is 4.09. The van der Waals surface area contributed by atoms with Crippen molar-refractivity contribution in [3.8, 4) is 33.6 Å². The van der Waals surface area contributed by atoms with Crippen LogP contribution in [0.4, 0.5) is 0 Å². The zero-order valence-corrected chi connectivity index (χ0v) is 15.3. The Balaban J connectivity index is 0.00000102. The Hall–Kier alpha value is -3.59. The van der Waals surface area contributed by atoms with Gasteiger partial charge >= 0.3 is 0 Å². The number of benzene rings is 1. The summed E-state index contributed by atoms with van der Waals surface area (Å²) >= 11 is 0. The molecule has 27 heavy (non-hydrogen) atoms. The molecule has 0 saturated heterocycles. The second-order valence-corrected chi connectivity index (χ2v) is 5.98.